The molecular weight excluding hydrogens is 260 g/mol. The van der Waals surface area contributed by atoms with E-state index in [-0.39, 0.29) is 5.41 Å². The van der Waals surface area contributed by atoms with E-state index in [9.17, 15) is 0 Å². The number of rotatable bonds is 8. The lowest BCUT2D eigenvalue weighted by atomic mass is 9.77. The number of oxazole rings is 1. The van der Waals surface area contributed by atoms with Crippen LogP contribution in [-0.2, 0) is 11.8 Å². The third-order valence-corrected chi connectivity index (χ3v) is 4.50. The second kappa shape index (κ2) is 7.44. The van der Waals surface area contributed by atoms with E-state index < -0.39 is 0 Å². The zero-order chi connectivity index (χ0) is 15.3. The van der Waals surface area contributed by atoms with Gasteiger partial charge in [0.15, 0.2) is 5.89 Å². The third-order valence-electron chi connectivity index (χ3n) is 4.50. The van der Waals surface area contributed by atoms with Gasteiger partial charge in [0.2, 0.25) is 0 Å². The molecule has 0 aliphatic heterocycles. The summed E-state index contributed by atoms with van der Waals surface area (Å²) in [6, 6.07) is 0. The van der Waals surface area contributed by atoms with Crippen LogP contribution in [0.15, 0.2) is 10.6 Å². The van der Waals surface area contributed by atoms with Crippen molar-refractivity contribution in [2.45, 2.75) is 71.6 Å². The Morgan fingerprint density at radius 2 is 1.90 bits per heavy atom. The van der Waals surface area contributed by atoms with Gasteiger partial charge in [-0.15, -0.1) is 0 Å². The van der Waals surface area contributed by atoms with Crippen molar-refractivity contribution in [2.75, 3.05) is 13.1 Å². The van der Waals surface area contributed by atoms with Crippen molar-refractivity contribution in [3.63, 3.8) is 0 Å². The molecule has 3 heteroatoms. The summed E-state index contributed by atoms with van der Waals surface area (Å²) >= 11 is 0. The fourth-order valence-corrected chi connectivity index (χ4v) is 3.64. The molecule has 1 aliphatic rings. The standard InChI is InChI=1S/C18H32N2O/c1-14(2)11-18(8-5-6-9-18)16-13-20-17(21-16)7-10-19-12-15(3)4/h13-15,19H,5-12H2,1-4H3. The van der Waals surface area contributed by atoms with Crippen LogP contribution in [0.5, 0.6) is 0 Å². The first kappa shape index (κ1) is 16.5. The highest BCUT2D eigenvalue weighted by Gasteiger charge is 2.39. The quantitative estimate of drug-likeness (QED) is 0.725. The topological polar surface area (TPSA) is 38.1 Å². The van der Waals surface area contributed by atoms with Gasteiger partial charge in [-0.1, -0.05) is 40.5 Å². The van der Waals surface area contributed by atoms with Gasteiger partial charge in [0.1, 0.15) is 5.76 Å². The van der Waals surface area contributed by atoms with Crippen molar-refractivity contribution < 1.29 is 4.42 Å². The molecule has 0 bridgehead atoms. The highest BCUT2D eigenvalue weighted by atomic mass is 16.4. The molecule has 0 spiro atoms. The summed E-state index contributed by atoms with van der Waals surface area (Å²) in [5.74, 6) is 3.45. The van der Waals surface area contributed by atoms with Gasteiger partial charge in [0, 0.05) is 18.4 Å². The van der Waals surface area contributed by atoms with E-state index in [1.165, 1.54) is 32.1 Å². The van der Waals surface area contributed by atoms with Gasteiger partial charge in [-0.2, -0.15) is 0 Å². The molecule has 120 valence electrons. The Kier molecular flexibility index (Phi) is 5.86. The maximum atomic E-state index is 6.13. The van der Waals surface area contributed by atoms with Crippen LogP contribution in [0.2, 0.25) is 0 Å². The minimum atomic E-state index is 0.269. The molecule has 3 nitrogen and oxygen atoms in total. The summed E-state index contributed by atoms with van der Waals surface area (Å²) in [5, 5.41) is 3.45. The first-order valence-corrected chi connectivity index (χ1v) is 8.68. The van der Waals surface area contributed by atoms with E-state index in [0.29, 0.717) is 11.8 Å². The number of nitrogens with zero attached hydrogens (tertiary/aromatic N) is 1. The van der Waals surface area contributed by atoms with Crippen molar-refractivity contribution in [2.24, 2.45) is 11.8 Å². The van der Waals surface area contributed by atoms with E-state index in [1.807, 2.05) is 6.20 Å². The number of hydrogen-bond donors (Lipinski definition) is 1. The van der Waals surface area contributed by atoms with Crippen LogP contribution in [0.3, 0.4) is 0 Å². The average Bonchev–Trinajstić information content (AvgIpc) is 3.03. The lowest BCUT2D eigenvalue weighted by Crippen LogP contribution is -2.24. The van der Waals surface area contributed by atoms with E-state index >= 15 is 0 Å². The highest BCUT2D eigenvalue weighted by Crippen LogP contribution is 2.45. The Bertz CT molecular complexity index is 417. The summed E-state index contributed by atoms with van der Waals surface area (Å²) in [7, 11) is 0. The first-order chi connectivity index (χ1) is 10.0. The van der Waals surface area contributed by atoms with Crippen molar-refractivity contribution in [3.8, 4) is 0 Å². The SMILES string of the molecule is CC(C)CNCCc1ncc(C2(CC(C)C)CCCC2)o1. The molecule has 2 rings (SSSR count). The molecule has 1 heterocycles. The zero-order valence-corrected chi connectivity index (χ0v) is 14.2. The molecule has 0 unspecified atom stereocenters. The second-order valence-electron chi connectivity index (χ2n) is 7.55. The van der Waals surface area contributed by atoms with Crippen LogP contribution >= 0.6 is 0 Å². The van der Waals surface area contributed by atoms with Gasteiger partial charge >= 0.3 is 0 Å². The Morgan fingerprint density at radius 1 is 1.19 bits per heavy atom. The molecule has 1 N–H and O–H groups in total. The van der Waals surface area contributed by atoms with Gasteiger partial charge in [0.25, 0.3) is 0 Å². The lowest BCUT2D eigenvalue weighted by Gasteiger charge is -2.28. The fraction of sp³-hybridized carbons (Fsp3) is 0.833. The molecule has 1 fully saturated rings. The molecule has 0 saturated heterocycles. The Balaban J connectivity index is 1.94. The Hall–Kier alpha value is -0.830. The summed E-state index contributed by atoms with van der Waals surface area (Å²) in [5.41, 5.74) is 0.269. The van der Waals surface area contributed by atoms with Crippen LogP contribution in [0.25, 0.3) is 0 Å². The fourth-order valence-electron chi connectivity index (χ4n) is 3.64. The predicted molar refractivity (Wildman–Crippen MR) is 87.5 cm³/mol. The Labute approximate surface area is 129 Å². The third kappa shape index (κ3) is 4.57. The van der Waals surface area contributed by atoms with E-state index in [0.717, 1.165) is 31.2 Å². The van der Waals surface area contributed by atoms with Gasteiger partial charge < -0.3 is 9.73 Å². The van der Waals surface area contributed by atoms with E-state index in [4.69, 9.17) is 4.42 Å². The number of aromatic nitrogens is 1. The maximum Gasteiger partial charge on any atom is 0.195 e. The van der Waals surface area contributed by atoms with Crippen LogP contribution in [-0.4, -0.2) is 18.1 Å². The lowest BCUT2D eigenvalue weighted by molar-refractivity contribution is 0.277. The van der Waals surface area contributed by atoms with Gasteiger partial charge in [-0.3, -0.25) is 0 Å². The summed E-state index contributed by atoms with van der Waals surface area (Å²) in [6.07, 6.45) is 9.33. The van der Waals surface area contributed by atoms with E-state index in [1.54, 1.807) is 0 Å². The molecule has 1 aliphatic carbocycles. The highest BCUT2D eigenvalue weighted by molar-refractivity contribution is 5.14. The monoisotopic (exact) mass is 292 g/mol. The molecule has 1 saturated carbocycles. The van der Waals surface area contributed by atoms with Crippen LogP contribution < -0.4 is 5.32 Å². The van der Waals surface area contributed by atoms with Crippen molar-refractivity contribution in [1.82, 2.24) is 10.3 Å². The normalized spacial score (nSPS) is 18.0. The van der Waals surface area contributed by atoms with E-state index in [2.05, 4.69) is 38.0 Å². The predicted octanol–water partition coefficient (Wildman–Crippen LogP) is 4.32. The zero-order valence-electron chi connectivity index (χ0n) is 14.2. The molecule has 1 aromatic rings. The largest absolute Gasteiger partial charge is 0.445 e. The summed E-state index contributed by atoms with van der Waals surface area (Å²) in [4.78, 5) is 4.52. The summed E-state index contributed by atoms with van der Waals surface area (Å²) < 4.78 is 6.13. The van der Waals surface area contributed by atoms with Crippen LogP contribution in [0.4, 0.5) is 0 Å². The van der Waals surface area contributed by atoms with Crippen molar-refractivity contribution >= 4 is 0 Å². The van der Waals surface area contributed by atoms with Crippen LogP contribution in [0.1, 0.15) is 71.5 Å². The molecule has 21 heavy (non-hydrogen) atoms. The first-order valence-electron chi connectivity index (χ1n) is 8.68. The van der Waals surface area contributed by atoms with Gasteiger partial charge in [0.05, 0.1) is 6.20 Å². The molecular formula is C18H32N2O. The van der Waals surface area contributed by atoms with Gasteiger partial charge in [-0.05, 0) is 37.6 Å². The van der Waals surface area contributed by atoms with Crippen molar-refractivity contribution in [3.05, 3.63) is 17.8 Å². The average molecular weight is 292 g/mol. The number of nitrogens with one attached hydrogen (secondary N) is 1. The smallest absolute Gasteiger partial charge is 0.195 e. The minimum Gasteiger partial charge on any atom is -0.445 e. The Morgan fingerprint density at radius 3 is 2.52 bits per heavy atom. The van der Waals surface area contributed by atoms with Crippen molar-refractivity contribution in [1.29, 1.82) is 0 Å². The second-order valence-corrected chi connectivity index (χ2v) is 7.55. The number of hydrogen-bond acceptors (Lipinski definition) is 3. The minimum absolute atomic E-state index is 0.269. The maximum absolute atomic E-state index is 6.13. The van der Waals surface area contributed by atoms with Gasteiger partial charge in [-0.25, -0.2) is 4.98 Å². The molecule has 0 atom stereocenters. The van der Waals surface area contributed by atoms with Crippen LogP contribution in [0, 0.1) is 11.8 Å². The summed E-state index contributed by atoms with van der Waals surface area (Å²) in [6.45, 7) is 11.1. The molecule has 0 aromatic carbocycles. The molecule has 1 aromatic heterocycles. The molecule has 0 radical (unpaired) electrons. The molecule has 0 amide bonds.